The van der Waals surface area contributed by atoms with E-state index in [0.29, 0.717) is 6.04 Å². The van der Waals surface area contributed by atoms with Crippen LogP contribution in [0.25, 0.3) is 0 Å². The van der Waals surface area contributed by atoms with Crippen molar-refractivity contribution in [2.45, 2.75) is 26.8 Å². The molecule has 0 fully saturated rings. The highest BCUT2D eigenvalue weighted by molar-refractivity contribution is 4.98. The zero-order valence-corrected chi connectivity index (χ0v) is 5.99. The molecule has 1 N–H and O–H groups in total. The fourth-order valence-electron chi connectivity index (χ4n) is 0.480. The molecule has 0 amide bonds. The van der Waals surface area contributed by atoms with Gasteiger partial charge in [0, 0.05) is 6.04 Å². The van der Waals surface area contributed by atoms with Crippen molar-refractivity contribution >= 4 is 0 Å². The molecule has 8 heavy (non-hydrogen) atoms. The van der Waals surface area contributed by atoms with Crippen LogP contribution in [-0.2, 0) is 0 Å². The molecule has 0 rings (SSSR count). The van der Waals surface area contributed by atoms with E-state index in [1.54, 1.807) is 0 Å². The summed E-state index contributed by atoms with van der Waals surface area (Å²) in [6, 6.07) is 0.472. The van der Waals surface area contributed by atoms with Gasteiger partial charge >= 0.3 is 0 Å². The molecule has 0 aliphatic rings. The summed E-state index contributed by atoms with van der Waals surface area (Å²) in [6.45, 7) is 11.1. The normalized spacial score (nSPS) is 13.4. The lowest BCUT2D eigenvalue weighted by Gasteiger charge is -2.10. The third kappa shape index (κ3) is 2.80. The molecule has 48 valence electrons. The lowest BCUT2D eigenvalue weighted by atomic mass is 10.2. The van der Waals surface area contributed by atoms with E-state index in [-0.39, 0.29) is 0 Å². The third-order valence-corrected chi connectivity index (χ3v) is 1.25. The second kappa shape index (κ2) is 3.67. The van der Waals surface area contributed by atoms with Crippen LogP contribution in [0.15, 0.2) is 12.2 Å². The number of hydrogen-bond donors (Lipinski definition) is 1. The summed E-state index contributed by atoms with van der Waals surface area (Å²) in [5.41, 5.74) is 1.20. The van der Waals surface area contributed by atoms with E-state index in [1.165, 1.54) is 5.57 Å². The molecular formula is C7H15N. The zero-order chi connectivity index (χ0) is 6.57. The Hall–Kier alpha value is -0.300. The topological polar surface area (TPSA) is 12.0 Å². The van der Waals surface area contributed by atoms with Gasteiger partial charge in [0.1, 0.15) is 0 Å². The quantitative estimate of drug-likeness (QED) is 0.548. The second-order valence-corrected chi connectivity index (χ2v) is 2.13. The van der Waals surface area contributed by atoms with Crippen LogP contribution in [-0.4, -0.2) is 12.6 Å². The minimum atomic E-state index is 0.472. The highest BCUT2D eigenvalue weighted by Crippen LogP contribution is 1.93. The number of rotatable bonds is 3. The monoisotopic (exact) mass is 113 g/mol. The fourth-order valence-corrected chi connectivity index (χ4v) is 0.480. The van der Waals surface area contributed by atoms with Crippen LogP contribution >= 0.6 is 0 Å². The van der Waals surface area contributed by atoms with Crippen LogP contribution in [0.4, 0.5) is 0 Å². The first-order valence-electron chi connectivity index (χ1n) is 3.07. The van der Waals surface area contributed by atoms with Crippen molar-refractivity contribution in [3.63, 3.8) is 0 Å². The Morgan fingerprint density at radius 3 is 2.38 bits per heavy atom. The predicted molar refractivity (Wildman–Crippen MR) is 38.0 cm³/mol. The minimum Gasteiger partial charge on any atom is -0.311 e. The first-order valence-corrected chi connectivity index (χ1v) is 3.07. The molecule has 1 unspecified atom stereocenters. The van der Waals surface area contributed by atoms with Gasteiger partial charge < -0.3 is 5.32 Å². The first-order chi connectivity index (χ1) is 3.68. The molecule has 0 aromatic heterocycles. The lowest BCUT2D eigenvalue weighted by molar-refractivity contribution is 0.635. The van der Waals surface area contributed by atoms with Crippen LogP contribution < -0.4 is 5.32 Å². The molecule has 0 bridgehead atoms. The molecular weight excluding hydrogens is 98.1 g/mol. The van der Waals surface area contributed by atoms with E-state index in [1.807, 2.05) is 6.92 Å². The highest BCUT2D eigenvalue weighted by atomic mass is 14.9. The smallest absolute Gasteiger partial charge is 0.0245 e. The van der Waals surface area contributed by atoms with Crippen LogP contribution in [0.1, 0.15) is 20.8 Å². The standard InChI is InChI=1S/C7H15N/c1-5-8-7(4)6(2)3/h7-8H,2,5H2,1,3-4H3. The van der Waals surface area contributed by atoms with Crippen molar-refractivity contribution in [3.05, 3.63) is 12.2 Å². The molecule has 0 spiro atoms. The Morgan fingerprint density at radius 2 is 2.25 bits per heavy atom. The number of hydrogen-bond acceptors (Lipinski definition) is 1. The van der Waals surface area contributed by atoms with Gasteiger partial charge in [-0.05, 0) is 20.4 Å². The van der Waals surface area contributed by atoms with E-state index in [0.717, 1.165) is 6.54 Å². The number of nitrogens with one attached hydrogen (secondary N) is 1. The summed E-state index contributed by atoms with van der Waals surface area (Å²) >= 11 is 0. The molecule has 0 heterocycles. The molecule has 1 heteroatoms. The fraction of sp³-hybridized carbons (Fsp3) is 0.714. The average Bonchev–Trinajstić information content (AvgIpc) is 1.67. The third-order valence-electron chi connectivity index (χ3n) is 1.25. The molecule has 1 atom stereocenters. The van der Waals surface area contributed by atoms with Crippen LogP contribution in [0.3, 0.4) is 0 Å². The maximum atomic E-state index is 3.81. The summed E-state index contributed by atoms with van der Waals surface area (Å²) in [7, 11) is 0. The van der Waals surface area contributed by atoms with Crippen LogP contribution in [0.5, 0.6) is 0 Å². The molecule has 1 nitrogen and oxygen atoms in total. The Labute approximate surface area is 51.8 Å². The van der Waals surface area contributed by atoms with Gasteiger partial charge in [0.15, 0.2) is 0 Å². The lowest BCUT2D eigenvalue weighted by Crippen LogP contribution is -2.25. The SMILES string of the molecule is C=C(C)C(C)NCC. The molecule has 0 radical (unpaired) electrons. The maximum Gasteiger partial charge on any atom is 0.0245 e. The van der Waals surface area contributed by atoms with Gasteiger partial charge in [-0.2, -0.15) is 0 Å². The Kier molecular flexibility index (Phi) is 3.53. The van der Waals surface area contributed by atoms with Crippen molar-refractivity contribution in [1.82, 2.24) is 5.32 Å². The Bertz CT molecular complexity index is 76.5. The van der Waals surface area contributed by atoms with Gasteiger partial charge in [-0.25, -0.2) is 0 Å². The van der Waals surface area contributed by atoms with Crippen LogP contribution in [0.2, 0.25) is 0 Å². The van der Waals surface area contributed by atoms with Gasteiger partial charge in [-0.15, -0.1) is 0 Å². The van der Waals surface area contributed by atoms with E-state index in [4.69, 9.17) is 0 Å². The highest BCUT2D eigenvalue weighted by Gasteiger charge is 1.95. The van der Waals surface area contributed by atoms with E-state index >= 15 is 0 Å². The van der Waals surface area contributed by atoms with E-state index < -0.39 is 0 Å². The summed E-state index contributed by atoms with van der Waals surface area (Å²) < 4.78 is 0. The van der Waals surface area contributed by atoms with Crippen molar-refractivity contribution in [2.75, 3.05) is 6.54 Å². The predicted octanol–water partition coefficient (Wildman–Crippen LogP) is 1.56. The summed E-state index contributed by atoms with van der Waals surface area (Å²) in [5, 5.41) is 3.25. The largest absolute Gasteiger partial charge is 0.311 e. The van der Waals surface area contributed by atoms with Crippen molar-refractivity contribution in [1.29, 1.82) is 0 Å². The Balaban J connectivity index is 3.32. The van der Waals surface area contributed by atoms with E-state index in [2.05, 4.69) is 25.7 Å². The molecule has 0 aliphatic heterocycles. The molecule has 0 aromatic carbocycles. The maximum absolute atomic E-state index is 3.81. The van der Waals surface area contributed by atoms with E-state index in [9.17, 15) is 0 Å². The van der Waals surface area contributed by atoms with Crippen molar-refractivity contribution in [2.24, 2.45) is 0 Å². The van der Waals surface area contributed by atoms with Crippen molar-refractivity contribution in [3.8, 4) is 0 Å². The van der Waals surface area contributed by atoms with Crippen molar-refractivity contribution < 1.29 is 0 Å². The van der Waals surface area contributed by atoms with Gasteiger partial charge in [-0.1, -0.05) is 19.1 Å². The van der Waals surface area contributed by atoms with Crippen LogP contribution in [0, 0.1) is 0 Å². The van der Waals surface area contributed by atoms with Gasteiger partial charge in [0.25, 0.3) is 0 Å². The Morgan fingerprint density at radius 1 is 1.75 bits per heavy atom. The molecule has 0 aromatic rings. The van der Waals surface area contributed by atoms with Gasteiger partial charge in [-0.3, -0.25) is 0 Å². The zero-order valence-electron chi connectivity index (χ0n) is 5.99. The minimum absolute atomic E-state index is 0.472. The van der Waals surface area contributed by atoms with Gasteiger partial charge in [0.05, 0.1) is 0 Å². The number of likely N-dealkylation sites (N-methyl/N-ethyl adjacent to an activating group) is 1. The second-order valence-electron chi connectivity index (χ2n) is 2.13. The molecule has 0 aliphatic carbocycles. The average molecular weight is 113 g/mol. The van der Waals surface area contributed by atoms with Gasteiger partial charge in [0.2, 0.25) is 0 Å². The summed E-state index contributed by atoms with van der Waals surface area (Å²) in [4.78, 5) is 0. The first kappa shape index (κ1) is 7.70. The molecule has 0 saturated carbocycles. The summed E-state index contributed by atoms with van der Waals surface area (Å²) in [6.07, 6.45) is 0. The summed E-state index contributed by atoms with van der Waals surface area (Å²) in [5.74, 6) is 0. The molecule has 0 saturated heterocycles.